The molecular weight excluding hydrogens is 226 g/mol. The molecule has 3 unspecified atom stereocenters. The van der Waals surface area contributed by atoms with Gasteiger partial charge in [0.25, 0.3) is 0 Å². The van der Waals surface area contributed by atoms with Crippen molar-refractivity contribution in [2.24, 2.45) is 5.92 Å². The van der Waals surface area contributed by atoms with Crippen LogP contribution in [0.15, 0.2) is 24.3 Å². The van der Waals surface area contributed by atoms with Crippen molar-refractivity contribution in [2.75, 3.05) is 13.7 Å². The van der Waals surface area contributed by atoms with E-state index in [2.05, 4.69) is 31.3 Å². The number of hydrogen-bond donors (Lipinski definition) is 2. The SMILES string of the molecule is COc1cccc(C(C)NCC(C)CC(C)O)c1. The van der Waals surface area contributed by atoms with E-state index >= 15 is 0 Å². The van der Waals surface area contributed by atoms with Gasteiger partial charge in [-0.3, -0.25) is 0 Å². The summed E-state index contributed by atoms with van der Waals surface area (Å²) in [5, 5.41) is 12.8. The molecule has 0 amide bonds. The lowest BCUT2D eigenvalue weighted by molar-refractivity contribution is 0.162. The average molecular weight is 251 g/mol. The first-order chi connectivity index (χ1) is 8.52. The number of nitrogens with one attached hydrogen (secondary N) is 1. The molecule has 0 aliphatic carbocycles. The standard InChI is InChI=1S/C15H25NO2/c1-11(8-12(2)17)10-16-13(3)14-6-5-7-15(9-14)18-4/h5-7,9,11-13,16-17H,8,10H2,1-4H3. The van der Waals surface area contributed by atoms with Crippen LogP contribution in [0.5, 0.6) is 5.75 Å². The zero-order valence-corrected chi connectivity index (χ0v) is 11.8. The highest BCUT2D eigenvalue weighted by atomic mass is 16.5. The van der Waals surface area contributed by atoms with Gasteiger partial charge in [-0.05, 0) is 50.4 Å². The summed E-state index contributed by atoms with van der Waals surface area (Å²) in [5.74, 6) is 1.36. The van der Waals surface area contributed by atoms with E-state index in [4.69, 9.17) is 4.74 Å². The summed E-state index contributed by atoms with van der Waals surface area (Å²) in [6.07, 6.45) is 0.603. The molecule has 1 aromatic rings. The topological polar surface area (TPSA) is 41.5 Å². The van der Waals surface area contributed by atoms with E-state index in [1.807, 2.05) is 19.1 Å². The highest BCUT2D eigenvalue weighted by molar-refractivity contribution is 5.30. The number of benzene rings is 1. The fourth-order valence-electron chi connectivity index (χ4n) is 2.07. The van der Waals surface area contributed by atoms with Crippen molar-refractivity contribution in [3.63, 3.8) is 0 Å². The third-order valence-electron chi connectivity index (χ3n) is 3.11. The van der Waals surface area contributed by atoms with Crippen LogP contribution in [0.25, 0.3) is 0 Å². The monoisotopic (exact) mass is 251 g/mol. The van der Waals surface area contributed by atoms with Gasteiger partial charge in [0.1, 0.15) is 5.75 Å². The van der Waals surface area contributed by atoms with Gasteiger partial charge < -0.3 is 15.2 Å². The second kappa shape index (κ2) is 7.39. The van der Waals surface area contributed by atoms with E-state index in [0.29, 0.717) is 5.92 Å². The van der Waals surface area contributed by atoms with E-state index in [0.717, 1.165) is 18.7 Å². The Morgan fingerprint density at radius 1 is 1.28 bits per heavy atom. The van der Waals surface area contributed by atoms with Gasteiger partial charge in [0.2, 0.25) is 0 Å². The highest BCUT2D eigenvalue weighted by Crippen LogP contribution is 2.19. The Balaban J connectivity index is 2.46. The number of methoxy groups -OCH3 is 1. The first kappa shape index (κ1) is 15.0. The quantitative estimate of drug-likeness (QED) is 0.783. The van der Waals surface area contributed by atoms with Crippen molar-refractivity contribution in [3.8, 4) is 5.75 Å². The number of hydrogen-bond acceptors (Lipinski definition) is 3. The van der Waals surface area contributed by atoms with E-state index in [1.54, 1.807) is 7.11 Å². The number of ether oxygens (including phenoxy) is 1. The molecule has 0 aliphatic heterocycles. The molecule has 2 N–H and O–H groups in total. The second-order valence-corrected chi connectivity index (χ2v) is 5.10. The van der Waals surface area contributed by atoms with Crippen LogP contribution in [0.3, 0.4) is 0 Å². The van der Waals surface area contributed by atoms with Crippen molar-refractivity contribution in [2.45, 2.75) is 39.3 Å². The number of aliphatic hydroxyl groups excluding tert-OH is 1. The van der Waals surface area contributed by atoms with Crippen LogP contribution in [0, 0.1) is 5.92 Å². The Morgan fingerprint density at radius 2 is 2.00 bits per heavy atom. The smallest absolute Gasteiger partial charge is 0.119 e. The molecule has 0 saturated carbocycles. The van der Waals surface area contributed by atoms with Crippen LogP contribution in [-0.4, -0.2) is 24.9 Å². The molecule has 0 aliphatic rings. The third-order valence-corrected chi connectivity index (χ3v) is 3.11. The molecule has 18 heavy (non-hydrogen) atoms. The van der Waals surface area contributed by atoms with Gasteiger partial charge >= 0.3 is 0 Å². The zero-order chi connectivity index (χ0) is 13.5. The molecule has 0 heterocycles. The summed E-state index contributed by atoms with van der Waals surface area (Å²) in [6.45, 7) is 7.03. The number of aliphatic hydroxyl groups is 1. The fourth-order valence-corrected chi connectivity index (χ4v) is 2.07. The molecule has 1 rings (SSSR count). The molecular formula is C15H25NO2. The predicted molar refractivity (Wildman–Crippen MR) is 74.9 cm³/mol. The lowest BCUT2D eigenvalue weighted by atomic mass is 10.0. The molecule has 0 aromatic heterocycles. The van der Waals surface area contributed by atoms with Gasteiger partial charge in [-0.15, -0.1) is 0 Å². The summed E-state index contributed by atoms with van der Waals surface area (Å²) in [4.78, 5) is 0. The molecule has 3 heteroatoms. The van der Waals surface area contributed by atoms with Crippen LogP contribution in [-0.2, 0) is 0 Å². The molecule has 0 spiro atoms. The first-order valence-corrected chi connectivity index (χ1v) is 6.58. The minimum absolute atomic E-state index is 0.228. The molecule has 0 fully saturated rings. The van der Waals surface area contributed by atoms with Gasteiger partial charge in [0, 0.05) is 6.04 Å². The van der Waals surface area contributed by atoms with Gasteiger partial charge in [0.05, 0.1) is 13.2 Å². The third kappa shape index (κ3) is 5.07. The summed E-state index contributed by atoms with van der Waals surface area (Å²) in [7, 11) is 1.68. The van der Waals surface area contributed by atoms with Gasteiger partial charge in [-0.1, -0.05) is 19.1 Å². The molecule has 0 saturated heterocycles. The number of rotatable bonds is 7. The Morgan fingerprint density at radius 3 is 2.61 bits per heavy atom. The molecule has 3 nitrogen and oxygen atoms in total. The van der Waals surface area contributed by atoms with Crippen molar-refractivity contribution in [3.05, 3.63) is 29.8 Å². The first-order valence-electron chi connectivity index (χ1n) is 6.58. The summed E-state index contributed by atoms with van der Waals surface area (Å²) < 4.78 is 5.22. The molecule has 0 bridgehead atoms. The Kier molecular flexibility index (Phi) is 6.16. The summed E-state index contributed by atoms with van der Waals surface area (Å²) in [6, 6.07) is 8.39. The largest absolute Gasteiger partial charge is 0.497 e. The van der Waals surface area contributed by atoms with E-state index in [-0.39, 0.29) is 12.1 Å². The van der Waals surface area contributed by atoms with Crippen LogP contribution < -0.4 is 10.1 Å². The lowest BCUT2D eigenvalue weighted by Gasteiger charge is -2.19. The van der Waals surface area contributed by atoms with Crippen LogP contribution in [0.1, 0.15) is 38.8 Å². The van der Waals surface area contributed by atoms with Crippen LogP contribution >= 0.6 is 0 Å². The maximum absolute atomic E-state index is 9.33. The second-order valence-electron chi connectivity index (χ2n) is 5.10. The zero-order valence-electron chi connectivity index (χ0n) is 11.8. The average Bonchev–Trinajstić information content (AvgIpc) is 2.35. The van der Waals surface area contributed by atoms with Gasteiger partial charge in [-0.2, -0.15) is 0 Å². The predicted octanol–water partition coefficient (Wildman–Crippen LogP) is 2.75. The fraction of sp³-hybridized carbons (Fsp3) is 0.600. The van der Waals surface area contributed by atoms with Crippen LogP contribution in [0.2, 0.25) is 0 Å². The van der Waals surface area contributed by atoms with Crippen molar-refractivity contribution < 1.29 is 9.84 Å². The van der Waals surface area contributed by atoms with E-state index in [9.17, 15) is 5.11 Å². The molecule has 1 aromatic carbocycles. The normalized spacial score (nSPS) is 16.1. The molecule has 3 atom stereocenters. The summed E-state index contributed by atoms with van der Waals surface area (Å²) in [5.41, 5.74) is 1.22. The van der Waals surface area contributed by atoms with Gasteiger partial charge in [0.15, 0.2) is 0 Å². The van der Waals surface area contributed by atoms with Crippen molar-refractivity contribution in [1.29, 1.82) is 0 Å². The maximum atomic E-state index is 9.33. The Hall–Kier alpha value is -1.06. The van der Waals surface area contributed by atoms with E-state index < -0.39 is 0 Å². The highest BCUT2D eigenvalue weighted by Gasteiger charge is 2.10. The molecule has 102 valence electrons. The Labute approximate surface area is 110 Å². The van der Waals surface area contributed by atoms with Crippen molar-refractivity contribution >= 4 is 0 Å². The van der Waals surface area contributed by atoms with Crippen LogP contribution in [0.4, 0.5) is 0 Å². The minimum Gasteiger partial charge on any atom is -0.497 e. The minimum atomic E-state index is -0.228. The van der Waals surface area contributed by atoms with Crippen molar-refractivity contribution in [1.82, 2.24) is 5.32 Å². The lowest BCUT2D eigenvalue weighted by Crippen LogP contribution is -2.26. The van der Waals surface area contributed by atoms with Gasteiger partial charge in [-0.25, -0.2) is 0 Å². The molecule has 0 radical (unpaired) electrons. The van der Waals surface area contributed by atoms with E-state index in [1.165, 1.54) is 5.56 Å². The Bertz CT molecular complexity index is 352. The maximum Gasteiger partial charge on any atom is 0.119 e. The summed E-state index contributed by atoms with van der Waals surface area (Å²) >= 11 is 0.